The number of anilines is 1. The Morgan fingerprint density at radius 3 is 2.60 bits per heavy atom. The number of amides is 1. The lowest BCUT2D eigenvalue weighted by Crippen LogP contribution is -2.07. The molecule has 4 nitrogen and oxygen atoms in total. The molecule has 0 radical (unpaired) electrons. The van der Waals surface area contributed by atoms with Crippen molar-refractivity contribution in [1.29, 1.82) is 0 Å². The Morgan fingerprint density at radius 2 is 1.92 bits per heavy atom. The molecule has 6 heteroatoms. The molecule has 132 valence electrons. The van der Waals surface area contributed by atoms with Gasteiger partial charge in [-0.25, -0.2) is 0 Å². The van der Waals surface area contributed by atoms with Crippen LogP contribution in [0.2, 0.25) is 10.0 Å². The largest absolute Gasteiger partial charge is 0.493 e. The summed E-state index contributed by atoms with van der Waals surface area (Å²) < 4.78 is 10.9. The third kappa shape index (κ3) is 5.69. The van der Waals surface area contributed by atoms with E-state index in [9.17, 15) is 4.79 Å². The summed E-state index contributed by atoms with van der Waals surface area (Å²) in [4.78, 5) is 12.0. The van der Waals surface area contributed by atoms with Crippen molar-refractivity contribution < 1.29 is 14.3 Å². The Kier molecular flexibility index (Phi) is 7.16. The van der Waals surface area contributed by atoms with Gasteiger partial charge in [-0.2, -0.15) is 0 Å². The van der Waals surface area contributed by atoms with E-state index in [0.717, 1.165) is 12.0 Å². The first-order valence-corrected chi connectivity index (χ1v) is 8.54. The average Bonchev–Trinajstić information content (AvgIpc) is 2.61. The van der Waals surface area contributed by atoms with Crippen LogP contribution < -0.4 is 14.8 Å². The van der Waals surface area contributed by atoms with E-state index in [0.29, 0.717) is 33.8 Å². The zero-order chi connectivity index (χ0) is 18.2. The van der Waals surface area contributed by atoms with Crippen LogP contribution in [0.25, 0.3) is 6.08 Å². The van der Waals surface area contributed by atoms with Crippen LogP contribution in [0.4, 0.5) is 5.69 Å². The third-order valence-electron chi connectivity index (χ3n) is 3.26. The fraction of sp³-hybridized carbons (Fsp3) is 0.211. The van der Waals surface area contributed by atoms with Gasteiger partial charge in [-0.3, -0.25) is 4.79 Å². The van der Waals surface area contributed by atoms with E-state index in [-0.39, 0.29) is 5.91 Å². The number of carbonyl (C=O) groups is 1. The van der Waals surface area contributed by atoms with Crippen molar-refractivity contribution in [3.63, 3.8) is 0 Å². The topological polar surface area (TPSA) is 47.6 Å². The van der Waals surface area contributed by atoms with Gasteiger partial charge in [0.1, 0.15) is 0 Å². The van der Waals surface area contributed by atoms with Crippen LogP contribution in [0.5, 0.6) is 11.5 Å². The Morgan fingerprint density at radius 1 is 1.12 bits per heavy atom. The van der Waals surface area contributed by atoms with Crippen molar-refractivity contribution in [1.82, 2.24) is 0 Å². The Bertz CT molecular complexity index is 775. The van der Waals surface area contributed by atoms with E-state index in [1.807, 2.05) is 25.1 Å². The van der Waals surface area contributed by atoms with Crippen molar-refractivity contribution in [2.24, 2.45) is 0 Å². The Balaban J connectivity index is 2.04. The highest BCUT2D eigenvalue weighted by Gasteiger charge is 2.05. The Hall–Kier alpha value is -2.17. The first-order valence-electron chi connectivity index (χ1n) is 7.78. The second kappa shape index (κ2) is 9.35. The highest BCUT2D eigenvalue weighted by Crippen LogP contribution is 2.29. The molecule has 2 rings (SSSR count). The fourth-order valence-corrected chi connectivity index (χ4v) is 2.35. The first-order chi connectivity index (χ1) is 12.0. The first kappa shape index (κ1) is 19.2. The molecule has 0 saturated heterocycles. The minimum atomic E-state index is -0.274. The SMILES string of the molecule is CCCOc1ccc(C=CC(=O)Nc2ccc(Cl)c(Cl)c2)cc1OC. The molecule has 0 aromatic heterocycles. The summed E-state index contributed by atoms with van der Waals surface area (Å²) in [7, 11) is 1.58. The highest BCUT2D eigenvalue weighted by molar-refractivity contribution is 6.42. The molecule has 2 aromatic rings. The number of halogens is 2. The fourth-order valence-electron chi connectivity index (χ4n) is 2.05. The number of rotatable bonds is 7. The van der Waals surface area contributed by atoms with Crippen molar-refractivity contribution in [2.45, 2.75) is 13.3 Å². The third-order valence-corrected chi connectivity index (χ3v) is 4.00. The monoisotopic (exact) mass is 379 g/mol. The number of ether oxygens (including phenoxy) is 2. The van der Waals surface area contributed by atoms with Crippen LogP contribution in [0.15, 0.2) is 42.5 Å². The number of hydrogen-bond donors (Lipinski definition) is 1. The minimum Gasteiger partial charge on any atom is -0.493 e. The van der Waals surface area contributed by atoms with Gasteiger partial charge in [0.2, 0.25) is 5.91 Å². The van der Waals surface area contributed by atoms with E-state index in [2.05, 4.69) is 5.32 Å². The summed E-state index contributed by atoms with van der Waals surface area (Å²) in [5.74, 6) is 1.03. The van der Waals surface area contributed by atoms with E-state index in [1.54, 1.807) is 31.4 Å². The zero-order valence-corrected chi connectivity index (χ0v) is 15.5. The molecule has 0 atom stereocenters. The normalized spacial score (nSPS) is 10.7. The molecule has 0 saturated carbocycles. The van der Waals surface area contributed by atoms with Crippen molar-refractivity contribution in [3.8, 4) is 11.5 Å². The van der Waals surface area contributed by atoms with Crippen LogP contribution in [0, 0.1) is 0 Å². The maximum Gasteiger partial charge on any atom is 0.248 e. The number of hydrogen-bond acceptors (Lipinski definition) is 3. The van der Waals surface area contributed by atoms with E-state index in [1.165, 1.54) is 6.08 Å². The van der Waals surface area contributed by atoms with Crippen LogP contribution in [0.3, 0.4) is 0 Å². The van der Waals surface area contributed by atoms with E-state index in [4.69, 9.17) is 32.7 Å². The van der Waals surface area contributed by atoms with Gasteiger partial charge >= 0.3 is 0 Å². The lowest BCUT2D eigenvalue weighted by Gasteiger charge is -2.10. The standard InChI is InChI=1S/C19H19Cl2NO3/c1-3-10-25-17-8-4-13(11-18(17)24-2)5-9-19(23)22-14-6-7-15(20)16(21)12-14/h4-9,11-12H,3,10H2,1-2H3,(H,22,23). The maximum absolute atomic E-state index is 12.0. The van der Waals surface area contributed by atoms with Gasteiger partial charge < -0.3 is 14.8 Å². The number of benzene rings is 2. The molecule has 0 aliphatic rings. The molecule has 0 aliphatic carbocycles. The number of methoxy groups -OCH3 is 1. The quantitative estimate of drug-likeness (QED) is 0.651. The molecule has 2 aromatic carbocycles. The summed E-state index contributed by atoms with van der Waals surface area (Å²) >= 11 is 11.8. The van der Waals surface area contributed by atoms with E-state index >= 15 is 0 Å². The summed E-state index contributed by atoms with van der Waals surface area (Å²) in [6.45, 7) is 2.66. The number of nitrogens with one attached hydrogen (secondary N) is 1. The predicted octanol–water partition coefficient (Wildman–Crippen LogP) is 5.44. The second-order valence-electron chi connectivity index (χ2n) is 5.21. The van der Waals surface area contributed by atoms with Crippen molar-refractivity contribution in [2.75, 3.05) is 19.0 Å². The van der Waals surface area contributed by atoms with Crippen LogP contribution in [0.1, 0.15) is 18.9 Å². The summed E-state index contributed by atoms with van der Waals surface area (Å²) in [6.07, 6.45) is 4.04. The average molecular weight is 380 g/mol. The van der Waals surface area contributed by atoms with Gasteiger partial charge in [0.15, 0.2) is 11.5 Å². The molecule has 0 heterocycles. The van der Waals surface area contributed by atoms with Gasteiger partial charge in [-0.05, 0) is 48.4 Å². The van der Waals surface area contributed by atoms with Crippen LogP contribution in [-0.4, -0.2) is 19.6 Å². The molecule has 0 fully saturated rings. The molecule has 25 heavy (non-hydrogen) atoms. The second-order valence-corrected chi connectivity index (χ2v) is 6.02. The molecule has 0 unspecified atom stereocenters. The summed E-state index contributed by atoms with van der Waals surface area (Å²) in [6, 6.07) is 10.4. The molecule has 0 aliphatic heterocycles. The highest BCUT2D eigenvalue weighted by atomic mass is 35.5. The molecule has 1 amide bonds. The van der Waals surface area contributed by atoms with Gasteiger partial charge in [-0.15, -0.1) is 0 Å². The van der Waals surface area contributed by atoms with Gasteiger partial charge in [0, 0.05) is 11.8 Å². The van der Waals surface area contributed by atoms with Crippen molar-refractivity contribution in [3.05, 3.63) is 58.1 Å². The number of carbonyl (C=O) groups excluding carboxylic acids is 1. The summed E-state index contributed by atoms with van der Waals surface area (Å²) in [5, 5.41) is 3.55. The van der Waals surface area contributed by atoms with E-state index < -0.39 is 0 Å². The molecular formula is C19H19Cl2NO3. The Labute approximate surface area is 157 Å². The minimum absolute atomic E-state index is 0.274. The molecule has 1 N–H and O–H groups in total. The molecular weight excluding hydrogens is 361 g/mol. The summed E-state index contributed by atoms with van der Waals surface area (Å²) in [5.41, 5.74) is 1.40. The predicted molar refractivity (Wildman–Crippen MR) is 103 cm³/mol. The smallest absolute Gasteiger partial charge is 0.248 e. The lowest BCUT2D eigenvalue weighted by atomic mass is 10.2. The zero-order valence-electron chi connectivity index (χ0n) is 14.0. The maximum atomic E-state index is 12.0. The lowest BCUT2D eigenvalue weighted by molar-refractivity contribution is -0.111. The van der Waals surface area contributed by atoms with Gasteiger partial charge in [0.25, 0.3) is 0 Å². The van der Waals surface area contributed by atoms with Gasteiger partial charge in [0.05, 0.1) is 23.8 Å². The molecule has 0 spiro atoms. The van der Waals surface area contributed by atoms with Crippen LogP contribution in [-0.2, 0) is 4.79 Å². The molecule has 0 bridgehead atoms. The van der Waals surface area contributed by atoms with Crippen LogP contribution >= 0.6 is 23.2 Å². The van der Waals surface area contributed by atoms with Crippen molar-refractivity contribution >= 4 is 40.9 Å². The van der Waals surface area contributed by atoms with Gasteiger partial charge in [-0.1, -0.05) is 36.2 Å².